The van der Waals surface area contributed by atoms with E-state index < -0.39 is 10.0 Å². The summed E-state index contributed by atoms with van der Waals surface area (Å²) >= 11 is 0. The van der Waals surface area contributed by atoms with Gasteiger partial charge in [0, 0.05) is 0 Å². The molecule has 2 aromatic rings. The Morgan fingerprint density at radius 3 is 2.65 bits per heavy atom. The molecule has 2 rings (SSSR count). The number of ether oxygens (including phenoxy) is 1. The van der Waals surface area contributed by atoms with Crippen LogP contribution in [0.1, 0.15) is 11.3 Å². The molecule has 6 nitrogen and oxygen atoms in total. The van der Waals surface area contributed by atoms with Crippen LogP contribution in [0.2, 0.25) is 0 Å². The minimum absolute atomic E-state index is 0.245. The van der Waals surface area contributed by atoms with Crippen LogP contribution in [0.25, 0.3) is 0 Å². The lowest BCUT2D eigenvalue weighted by atomic mass is 10.2. The standard InChI is InChI=1S/C13H16N2O4S/c1-9-3-5-12(18-2)11(7-9)15-8-10-4-6-13(19-10)20(14,16)17/h3-7,15H,8H2,1-2H3,(H2,14,16,17). The molecule has 1 heterocycles. The van der Waals surface area contributed by atoms with Crippen LogP contribution in [-0.4, -0.2) is 15.5 Å². The van der Waals surface area contributed by atoms with Gasteiger partial charge in [0.15, 0.2) is 0 Å². The summed E-state index contributed by atoms with van der Waals surface area (Å²) in [6, 6.07) is 8.63. The van der Waals surface area contributed by atoms with Gasteiger partial charge in [-0.15, -0.1) is 0 Å². The van der Waals surface area contributed by atoms with Gasteiger partial charge in [0.2, 0.25) is 5.09 Å². The van der Waals surface area contributed by atoms with E-state index in [0.717, 1.165) is 11.3 Å². The van der Waals surface area contributed by atoms with Gasteiger partial charge >= 0.3 is 0 Å². The first-order valence-corrected chi connectivity index (χ1v) is 7.45. The number of hydrogen-bond donors (Lipinski definition) is 2. The van der Waals surface area contributed by atoms with Crippen LogP contribution in [0.4, 0.5) is 5.69 Å². The van der Waals surface area contributed by atoms with Gasteiger partial charge in [0.25, 0.3) is 10.0 Å². The number of nitrogens with two attached hydrogens (primary N) is 1. The first-order chi connectivity index (χ1) is 9.40. The Labute approximate surface area is 117 Å². The van der Waals surface area contributed by atoms with Crippen LogP contribution in [0.3, 0.4) is 0 Å². The molecule has 7 heteroatoms. The molecule has 0 amide bonds. The van der Waals surface area contributed by atoms with E-state index in [1.807, 2.05) is 25.1 Å². The zero-order valence-corrected chi connectivity index (χ0v) is 12.0. The molecule has 0 aliphatic rings. The van der Waals surface area contributed by atoms with Gasteiger partial charge in [0.1, 0.15) is 11.5 Å². The second kappa shape index (κ2) is 5.56. The highest BCUT2D eigenvalue weighted by Gasteiger charge is 2.13. The molecule has 108 valence electrons. The topological polar surface area (TPSA) is 94.6 Å². The van der Waals surface area contributed by atoms with Crippen LogP contribution in [0.15, 0.2) is 39.8 Å². The number of anilines is 1. The lowest BCUT2D eigenvalue weighted by Crippen LogP contribution is -2.10. The highest BCUT2D eigenvalue weighted by Crippen LogP contribution is 2.26. The Morgan fingerprint density at radius 1 is 1.30 bits per heavy atom. The zero-order valence-electron chi connectivity index (χ0n) is 11.2. The van der Waals surface area contributed by atoms with Crippen molar-refractivity contribution in [2.45, 2.75) is 18.6 Å². The van der Waals surface area contributed by atoms with Crippen molar-refractivity contribution in [3.8, 4) is 5.75 Å². The van der Waals surface area contributed by atoms with Crippen molar-refractivity contribution in [1.29, 1.82) is 0 Å². The number of benzene rings is 1. The minimum atomic E-state index is -3.80. The van der Waals surface area contributed by atoms with E-state index in [-0.39, 0.29) is 5.09 Å². The lowest BCUT2D eigenvalue weighted by molar-refractivity contribution is 0.412. The summed E-state index contributed by atoms with van der Waals surface area (Å²) in [5, 5.41) is 7.87. The predicted molar refractivity (Wildman–Crippen MR) is 75.1 cm³/mol. The average molecular weight is 296 g/mol. The van der Waals surface area contributed by atoms with E-state index in [0.29, 0.717) is 18.1 Å². The maximum absolute atomic E-state index is 11.1. The van der Waals surface area contributed by atoms with E-state index in [1.165, 1.54) is 6.07 Å². The molecule has 1 aromatic heterocycles. The van der Waals surface area contributed by atoms with E-state index in [4.69, 9.17) is 14.3 Å². The Balaban J connectivity index is 2.13. The molecule has 0 fully saturated rings. The first kappa shape index (κ1) is 14.4. The number of methoxy groups -OCH3 is 1. The second-order valence-corrected chi connectivity index (χ2v) is 5.82. The van der Waals surface area contributed by atoms with Gasteiger partial charge in [-0.1, -0.05) is 6.07 Å². The number of rotatable bonds is 5. The minimum Gasteiger partial charge on any atom is -0.495 e. The molecule has 0 radical (unpaired) electrons. The average Bonchev–Trinajstić information content (AvgIpc) is 2.85. The van der Waals surface area contributed by atoms with Crippen molar-refractivity contribution in [2.75, 3.05) is 12.4 Å². The van der Waals surface area contributed by atoms with Crippen LogP contribution in [0.5, 0.6) is 5.75 Å². The van der Waals surface area contributed by atoms with Gasteiger partial charge in [-0.25, -0.2) is 13.6 Å². The molecule has 0 spiro atoms. The highest BCUT2D eigenvalue weighted by molar-refractivity contribution is 7.89. The largest absolute Gasteiger partial charge is 0.495 e. The first-order valence-electron chi connectivity index (χ1n) is 5.90. The molecular formula is C13H16N2O4S. The maximum Gasteiger partial charge on any atom is 0.271 e. The van der Waals surface area contributed by atoms with Gasteiger partial charge in [-0.05, 0) is 36.8 Å². The Hall–Kier alpha value is -1.99. The van der Waals surface area contributed by atoms with Crippen LogP contribution in [-0.2, 0) is 16.6 Å². The summed E-state index contributed by atoms with van der Waals surface area (Å²) in [5.74, 6) is 1.17. The molecule has 20 heavy (non-hydrogen) atoms. The molecule has 0 aliphatic carbocycles. The van der Waals surface area contributed by atoms with Gasteiger partial charge in [-0.3, -0.25) is 0 Å². The van der Waals surface area contributed by atoms with Crippen LogP contribution < -0.4 is 15.2 Å². The van der Waals surface area contributed by atoms with E-state index in [9.17, 15) is 8.42 Å². The number of aryl methyl sites for hydroxylation is 1. The van der Waals surface area contributed by atoms with E-state index in [1.54, 1.807) is 13.2 Å². The number of hydrogen-bond acceptors (Lipinski definition) is 5. The fraction of sp³-hybridized carbons (Fsp3) is 0.231. The quantitative estimate of drug-likeness (QED) is 0.878. The van der Waals surface area contributed by atoms with Gasteiger partial charge < -0.3 is 14.5 Å². The summed E-state index contributed by atoms with van der Waals surface area (Å²) in [4.78, 5) is 0. The molecule has 0 saturated heterocycles. The normalized spacial score (nSPS) is 11.3. The Morgan fingerprint density at radius 2 is 2.05 bits per heavy atom. The van der Waals surface area contributed by atoms with Crippen molar-refractivity contribution in [3.63, 3.8) is 0 Å². The number of sulfonamides is 1. The Bertz CT molecular complexity index is 707. The molecule has 0 aliphatic heterocycles. The molecule has 1 aromatic carbocycles. The molecule has 0 bridgehead atoms. The third kappa shape index (κ3) is 3.31. The fourth-order valence-corrected chi connectivity index (χ4v) is 2.23. The molecule has 0 atom stereocenters. The van der Waals surface area contributed by atoms with Crippen molar-refractivity contribution in [3.05, 3.63) is 41.7 Å². The molecular weight excluding hydrogens is 280 g/mol. The van der Waals surface area contributed by atoms with Crippen molar-refractivity contribution >= 4 is 15.7 Å². The summed E-state index contributed by atoms with van der Waals surface area (Å²) in [7, 11) is -2.22. The molecule has 3 N–H and O–H groups in total. The summed E-state index contributed by atoms with van der Waals surface area (Å²) < 4.78 is 32.6. The third-order valence-electron chi connectivity index (χ3n) is 2.73. The van der Waals surface area contributed by atoms with E-state index in [2.05, 4.69) is 5.32 Å². The van der Waals surface area contributed by atoms with Crippen molar-refractivity contribution < 1.29 is 17.6 Å². The molecule has 0 saturated carbocycles. The maximum atomic E-state index is 11.1. The zero-order chi connectivity index (χ0) is 14.8. The smallest absolute Gasteiger partial charge is 0.271 e. The van der Waals surface area contributed by atoms with Crippen molar-refractivity contribution in [2.24, 2.45) is 5.14 Å². The second-order valence-electron chi connectivity index (χ2n) is 4.32. The number of primary sulfonamides is 1. The van der Waals surface area contributed by atoms with Gasteiger partial charge in [0.05, 0.1) is 19.3 Å². The highest BCUT2D eigenvalue weighted by atomic mass is 32.2. The van der Waals surface area contributed by atoms with Crippen molar-refractivity contribution in [1.82, 2.24) is 0 Å². The SMILES string of the molecule is COc1ccc(C)cc1NCc1ccc(S(N)(=O)=O)o1. The number of furan rings is 1. The number of nitrogens with one attached hydrogen (secondary N) is 1. The Kier molecular flexibility index (Phi) is 4.01. The fourth-order valence-electron chi connectivity index (χ4n) is 1.75. The van der Waals surface area contributed by atoms with Gasteiger partial charge in [-0.2, -0.15) is 0 Å². The lowest BCUT2D eigenvalue weighted by Gasteiger charge is -2.10. The third-order valence-corrected chi connectivity index (χ3v) is 3.51. The monoisotopic (exact) mass is 296 g/mol. The van der Waals surface area contributed by atoms with Crippen LogP contribution in [0, 0.1) is 6.92 Å². The summed E-state index contributed by atoms with van der Waals surface area (Å²) in [6.07, 6.45) is 0. The van der Waals surface area contributed by atoms with E-state index >= 15 is 0 Å². The summed E-state index contributed by atoms with van der Waals surface area (Å²) in [6.45, 7) is 2.30. The predicted octanol–water partition coefficient (Wildman–Crippen LogP) is 1.86. The molecule has 0 unspecified atom stereocenters. The van der Waals surface area contributed by atoms with Crippen LogP contribution >= 0.6 is 0 Å². The summed E-state index contributed by atoms with van der Waals surface area (Å²) in [5.41, 5.74) is 1.89.